The van der Waals surface area contributed by atoms with Gasteiger partial charge in [0, 0.05) is 32.5 Å². The Hall–Kier alpha value is -2.11. The molecule has 2 rings (SSSR count). The summed E-state index contributed by atoms with van der Waals surface area (Å²) in [5.74, 6) is -0.547. The zero-order valence-electron chi connectivity index (χ0n) is 11.3. The summed E-state index contributed by atoms with van der Waals surface area (Å²) in [7, 11) is 1.74. The Labute approximate surface area is 116 Å². The first kappa shape index (κ1) is 14.3. The highest BCUT2D eigenvalue weighted by Crippen LogP contribution is 2.16. The fourth-order valence-electron chi connectivity index (χ4n) is 2.11. The Morgan fingerprint density at radius 3 is 2.90 bits per heavy atom. The van der Waals surface area contributed by atoms with Gasteiger partial charge in [0.1, 0.15) is 0 Å². The summed E-state index contributed by atoms with van der Waals surface area (Å²) in [4.78, 5) is 24.6. The van der Waals surface area contributed by atoms with Crippen molar-refractivity contribution in [2.24, 2.45) is 5.92 Å². The quantitative estimate of drug-likeness (QED) is 0.868. The highest BCUT2D eigenvalue weighted by Gasteiger charge is 2.26. The summed E-state index contributed by atoms with van der Waals surface area (Å²) in [6.45, 7) is 0.834. The smallest absolute Gasteiger partial charge is 0.257 e. The minimum Gasteiger partial charge on any atom is -0.481 e. The van der Waals surface area contributed by atoms with Crippen LogP contribution in [0.4, 0.5) is 4.39 Å². The van der Waals surface area contributed by atoms with Crippen LogP contribution >= 0.6 is 0 Å². The predicted octanol–water partition coefficient (Wildman–Crippen LogP) is 0.799. The molecule has 6 heteroatoms. The van der Waals surface area contributed by atoms with Crippen LogP contribution in [0.2, 0.25) is 0 Å². The van der Waals surface area contributed by atoms with E-state index in [4.69, 9.17) is 4.74 Å². The van der Waals surface area contributed by atoms with E-state index in [0.717, 1.165) is 0 Å². The number of likely N-dealkylation sites (tertiary alicyclic amines) is 1. The zero-order valence-corrected chi connectivity index (χ0v) is 11.3. The number of carbonyl (C=O) groups excluding carboxylic acids is 2. The number of nitrogens with zero attached hydrogens (tertiary/aromatic N) is 1. The number of hydrogen-bond acceptors (Lipinski definition) is 3. The highest BCUT2D eigenvalue weighted by molar-refractivity contribution is 5.79. The van der Waals surface area contributed by atoms with Crippen molar-refractivity contribution in [1.82, 2.24) is 10.2 Å². The second-order valence-electron chi connectivity index (χ2n) is 4.87. The fourth-order valence-corrected chi connectivity index (χ4v) is 2.11. The fraction of sp³-hybridized carbons (Fsp3) is 0.429. The van der Waals surface area contributed by atoms with Crippen molar-refractivity contribution in [3.8, 4) is 5.75 Å². The largest absolute Gasteiger partial charge is 0.481 e. The minimum absolute atomic E-state index is 0.0541. The lowest BCUT2D eigenvalue weighted by atomic mass is 10.1. The van der Waals surface area contributed by atoms with Crippen LogP contribution in [-0.2, 0) is 9.59 Å². The maximum Gasteiger partial charge on any atom is 0.257 e. The maximum atomic E-state index is 13.3. The van der Waals surface area contributed by atoms with Gasteiger partial charge >= 0.3 is 0 Å². The molecular formula is C14H17FN2O3. The number of halogens is 1. The van der Waals surface area contributed by atoms with Crippen LogP contribution < -0.4 is 10.1 Å². The van der Waals surface area contributed by atoms with Gasteiger partial charge in [-0.25, -0.2) is 4.39 Å². The molecule has 2 amide bonds. The third kappa shape index (κ3) is 3.69. The molecular weight excluding hydrogens is 263 g/mol. The van der Waals surface area contributed by atoms with Crippen LogP contribution in [-0.4, -0.2) is 43.5 Å². The molecule has 1 aromatic rings. The second kappa shape index (κ2) is 6.36. The topological polar surface area (TPSA) is 58.6 Å². The first-order chi connectivity index (χ1) is 9.56. The van der Waals surface area contributed by atoms with Crippen LogP contribution in [0, 0.1) is 11.7 Å². The Bertz CT molecular complexity index is 507. The average molecular weight is 280 g/mol. The molecule has 1 aliphatic rings. The van der Waals surface area contributed by atoms with Gasteiger partial charge in [0.25, 0.3) is 5.91 Å². The lowest BCUT2D eigenvalue weighted by molar-refractivity contribution is -0.126. The number of rotatable bonds is 5. The second-order valence-corrected chi connectivity index (χ2v) is 4.87. The molecule has 1 unspecified atom stereocenters. The van der Waals surface area contributed by atoms with Crippen molar-refractivity contribution in [2.45, 2.75) is 6.42 Å². The number of amides is 2. The van der Waals surface area contributed by atoms with Crippen LogP contribution in [0.3, 0.4) is 0 Å². The number of carbonyl (C=O) groups is 2. The first-order valence-electron chi connectivity index (χ1n) is 6.44. The number of benzene rings is 1. The normalized spacial score (nSPS) is 18.2. The van der Waals surface area contributed by atoms with Gasteiger partial charge in [0.05, 0.1) is 0 Å². The Morgan fingerprint density at radius 1 is 1.50 bits per heavy atom. The van der Waals surface area contributed by atoms with E-state index in [1.54, 1.807) is 24.1 Å². The van der Waals surface area contributed by atoms with Crippen molar-refractivity contribution < 1.29 is 18.7 Å². The number of nitrogens with one attached hydrogen (secondary N) is 1. The summed E-state index contributed by atoms with van der Waals surface area (Å²) in [5, 5.41) is 2.69. The Kier molecular flexibility index (Phi) is 4.55. The van der Waals surface area contributed by atoms with E-state index in [-0.39, 0.29) is 30.1 Å². The zero-order chi connectivity index (χ0) is 14.5. The molecule has 1 saturated heterocycles. The summed E-state index contributed by atoms with van der Waals surface area (Å²) in [6, 6.07) is 5.92. The molecule has 1 fully saturated rings. The molecule has 0 spiro atoms. The van der Waals surface area contributed by atoms with Crippen LogP contribution in [0.1, 0.15) is 6.42 Å². The molecule has 20 heavy (non-hydrogen) atoms. The highest BCUT2D eigenvalue weighted by atomic mass is 19.1. The third-order valence-corrected chi connectivity index (χ3v) is 3.20. The van der Waals surface area contributed by atoms with E-state index in [1.165, 1.54) is 12.1 Å². The molecule has 0 aromatic heterocycles. The molecule has 1 N–H and O–H groups in total. The molecule has 1 aromatic carbocycles. The van der Waals surface area contributed by atoms with Crippen molar-refractivity contribution >= 4 is 11.8 Å². The van der Waals surface area contributed by atoms with Gasteiger partial charge in [0.2, 0.25) is 5.91 Å². The van der Waals surface area contributed by atoms with Crippen LogP contribution in [0.15, 0.2) is 24.3 Å². The van der Waals surface area contributed by atoms with Crippen molar-refractivity contribution in [1.29, 1.82) is 0 Å². The third-order valence-electron chi connectivity index (χ3n) is 3.20. The van der Waals surface area contributed by atoms with Gasteiger partial charge in [-0.2, -0.15) is 0 Å². The predicted molar refractivity (Wildman–Crippen MR) is 70.6 cm³/mol. The van der Waals surface area contributed by atoms with Crippen LogP contribution in [0.25, 0.3) is 0 Å². The molecule has 0 saturated carbocycles. The maximum absolute atomic E-state index is 13.3. The number of hydrogen-bond donors (Lipinski definition) is 1. The standard InChI is InChI=1S/C14H17FN2O3/c1-17-8-10(6-14(17)19)7-16-13(18)9-20-12-5-3-2-4-11(12)15/h2-5,10H,6-9H2,1H3,(H,16,18). The summed E-state index contributed by atoms with van der Waals surface area (Å²) in [5.41, 5.74) is 0. The summed E-state index contributed by atoms with van der Waals surface area (Å²) >= 11 is 0. The summed E-state index contributed by atoms with van der Waals surface area (Å²) < 4.78 is 18.3. The van der Waals surface area contributed by atoms with E-state index >= 15 is 0 Å². The molecule has 0 aliphatic carbocycles. The molecule has 5 nitrogen and oxygen atoms in total. The SMILES string of the molecule is CN1CC(CNC(=O)COc2ccccc2F)CC1=O. The number of ether oxygens (including phenoxy) is 1. The van der Waals surface area contributed by atoms with E-state index in [9.17, 15) is 14.0 Å². The van der Waals surface area contributed by atoms with Crippen molar-refractivity contribution in [3.05, 3.63) is 30.1 Å². The lowest BCUT2D eigenvalue weighted by Crippen LogP contribution is -2.34. The molecule has 1 atom stereocenters. The Balaban J connectivity index is 1.71. The van der Waals surface area contributed by atoms with Gasteiger partial charge in [-0.05, 0) is 12.1 Å². The van der Waals surface area contributed by atoms with E-state index < -0.39 is 5.82 Å². The van der Waals surface area contributed by atoms with Gasteiger partial charge in [-0.1, -0.05) is 12.1 Å². The van der Waals surface area contributed by atoms with Gasteiger partial charge in [-0.3, -0.25) is 9.59 Å². The summed E-state index contributed by atoms with van der Waals surface area (Å²) in [6.07, 6.45) is 0.449. The molecule has 108 valence electrons. The van der Waals surface area contributed by atoms with E-state index in [1.807, 2.05) is 0 Å². The van der Waals surface area contributed by atoms with E-state index in [0.29, 0.717) is 19.5 Å². The van der Waals surface area contributed by atoms with Crippen molar-refractivity contribution in [2.75, 3.05) is 26.7 Å². The lowest BCUT2D eigenvalue weighted by Gasteiger charge is -2.12. The minimum atomic E-state index is -0.497. The molecule has 0 radical (unpaired) electrons. The average Bonchev–Trinajstić information content (AvgIpc) is 2.75. The molecule has 0 bridgehead atoms. The molecule has 1 heterocycles. The van der Waals surface area contributed by atoms with Crippen LogP contribution in [0.5, 0.6) is 5.75 Å². The number of para-hydroxylation sites is 1. The van der Waals surface area contributed by atoms with Gasteiger partial charge in [-0.15, -0.1) is 0 Å². The van der Waals surface area contributed by atoms with Crippen molar-refractivity contribution in [3.63, 3.8) is 0 Å². The van der Waals surface area contributed by atoms with Gasteiger partial charge in [0.15, 0.2) is 18.2 Å². The first-order valence-corrected chi connectivity index (χ1v) is 6.44. The monoisotopic (exact) mass is 280 g/mol. The van der Waals surface area contributed by atoms with Gasteiger partial charge < -0.3 is 15.0 Å². The Morgan fingerprint density at radius 2 is 2.25 bits per heavy atom. The van der Waals surface area contributed by atoms with E-state index in [2.05, 4.69) is 5.32 Å². The molecule has 1 aliphatic heterocycles.